The van der Waals surface area contributed by atoms with E-state index in [-0.39, 0.29) is 18.6 Å². The zero-order chi connectivity index (χ0) is 23.4. The maximum absolute atomic E-state index is 13.5. The molecule has 1 aliphatic rings. The predicted molar refractivity (Wildman–Crippen MR) is 127 cm³/mol. The number of fused-ring (bicyclic) bond motifs is 1. The summed E-state index contributed by atoms with van der Waals surface area (Å²) >= 11 is 6.02. The molecule has 0 aromatic heterocycles. The number of amides is 1. The van der Waals surface area contributed by atoms with Gasteiger partial charge in [0.05, 0.1) is 27.4 Å². The molecule has 1 aliphatic heterocycles. The van der Waals surface area contributed by atoms with Crippen molar-refractivity contribution in [2.45, 2.75) is 12.5 Å². The van der Waals surface area contributed by atoms with Gasteiger partial charge in [-0.05, 0) is 78.2 Å². The summed E-state index contributed by atoms with van der Waals surface area (Å²) in [5, 5.41) is 0.590. The molecule has 3 aromatic rings. The van der Waals surface area contributed by atoms with Gasteiger partial charge >= 0.3 is 0 Å². The number of benzene rings is 3. The number of nitrogens with zero attached hydrogens (tertiary/aromatic N) is 1. The van der Waals surface area contributed by atoms with Gasteiger partial charge in [-0.1, -0.05) is 11.6 Å². The molecule has 0 aliphatic carbocycles. The van der Waals surface area contributed by atoms with E-state index in [1.807, 2.05) is 41.3 Å². The van der Waals surface area contributed by atoms with Crippen LogP contribution in [-0.4, -0.2) is 45.3 Å². The van der Waals surface area contributed by atoms with Crippen LogP contribution in [-0.2, 0) is 6.42 Å². The van der Waals surface area contributed by atoms with Gasteiger partial charge in [-0.25, -0.2) is 0 Å². The highest BCUT2D eigenvalue weighted by atomic mass is 35.5. The van der Waals surface area contributed by atoms with Crippen LogP contribution in [0.2, 0.25) is 5.02 Å². The van der Waals surface area contributed by atoms with E-state index in [1.165, 1.54) is 0 Å². The molecule has 0 unspecified atom stereocenters. The smallest absolute Gasteiger partial charge is 0.254 e. The fourth-order valence-electron chi connectivity index (χ4n) is 4.06. The summed E-state index contributed by atoms with van der Waals surface area (Å²) in [6, 6.07) is 17.9. The summed E-state index contributed by atoms with van der Waals surface area (Å²) in [4.78, 5) is 15.3. The number of rotatable bonds is 7. The van der Waals surface area contributed by atoms with Crippen molar-refractivity contribution in [2.24, 2.45) is 0 Å². The Morgan fingerprint density at radius 2 is 1.55 bits per heavy atom. The maximum atomic E-state index is 13.5. The summed E-state index contributed by atoms with van der Waals surface area (Å²) in [7, 11) is 4.84. The Hall–Kier alpha value is -3.38. The van der Waals surface area contributed by atoms with Crippen molar-refractivity contribution < 1.29 is 23.7 Å². The summed E-state index contributed by atoms with van der Waals surface area (Å²) < 4.78 is 22.4. The van der Waals surface area contributed by atoms with E-state index < -0.39 is 0 Å². The van der Waals surface area contributed by atoms with Crippen molar-refractivity contribution in [3.63, 3.8) is 0 Å². The number of hydrogen-bond acceptors (Lipinski definition) is 5. The molecule has 0 radical (unpaired) electrons. The van der Waals surface area contributed by atoms with Gasteiger partial charge in [0.15, 0.2) is 11.5 Å². The monoisotopic (exact) mass is 467 g/mol. The Bertz CT molecular complexity index is 1110. The average Bonchev–Trinajstić information content (AvgIpc) is 2.86. The van der Waals surface area contributed by atoms with Crippen LogP contribution in [0.5, 0.6) is 23.0 Å². The Kier molecular flexibility index (Phi) is 6.94. The Morgan fingerprint density at radius 3 is 2.18 bits per heavy atom. The van der Waals surface area contributed by atoms with Gasteiger partial charge in [-0.2, -0.15) is 0 Å². The minimum absolute atomic E-state index is 0.0737. The molecule has 1 atom stereocenters. The second kappa shape index (κ2) is 10.0. The molecule has 6 nitrogen and oxygen atoms in total. The number of halogens is 1. The van der Waals surface area contributed by atoms with Crippen molar-refractivity contribution in [1.82, 2.24) is 4.90 Å². The Labute approximate surface area is 198 Å². The van der Waals surface area contributed by atoms with Crippen LogP contribution in [0.15, 0.2) is 60.7 Å². The zero-order valence-electron chi connectivity index (χ0n) is 18.8. The largest absolute Gasteiger partial charge is 0.497 e. The van der Waals surface area contributed by atoms with Crippen molar-refractivity contribution in [3.05, 3.63) is 82.4 Å². The first-order chi connectivity index (χ1) is 16.0. The van der Waals surface area contributed by atoms with E-state index in [9.17, 15) is 4.79 Å². The normalized spacial score (nSPS) is 14.9. The summed E-state index contributed by atoms with van der Waals surface area (Å²) in [6.45, 7) is 0.842. The zero-order valence-corrected chi connectivity index (χ0v) is 19.6. The van der Waals surface area contributed by atoms with Gasteiger partial charge < -0.3 is 23.8 Å². The third kappa shape index (κ3) is 4.86. The van der Waals surface area contributed by atoms with Gasteiger partial charge in [0.25, 0.3) is 5.91 Å². The van der Waals surface area contributed by atoms with Crippen molar-refractivity contribution in [1.29, 1.82) is 0 Å². The minimum atomic E-state index is -0.307. The van der Waals surface area contributed by atoms with Gasteiger partial charge in [0.2, 0.25) is 0 Å². The second-order valence-corrected chi connectivity index (χ2v) is 8.10. The first kappa shape index (κ1) is 22.8. The summed E-state index contributed by atoms with van der Waals surface area (Å²) in [5.41, 5.74) is 2.67. The van der Waals surface area contributed by atoms with Crippen LogP contribution in [0, 0.1) is 0 Å². The maximum Gasteiger partial charge on any atom is 0.254 e. The van der Waals surface area contributed by atoms with Crippen LogP contribution in [0.4, 0.5) is 0 Å². The summed E-state index contributed by atoms with van der Waals surface area (Å²) in [5.74, 6) is 2.66. The van der Waals surface area contributed by atoms with Gasteiger partial charge in [0, 0.05) is 17.1 Å². The first-order valence-corrected chi connectivity index (χ1v) is 11.0. The predicted octanol–water partition coefficient (Wildman–Crippen LogP) is 5.18. The lowest BCUT2D eigenvalue weighted by Gasteiger charge is -2.37. The molecule has 0 saturated carbocycles. The molecule has 0 fully saturated rings. The molecule has 3 aromatic carbocycles. The molecule has 0 saturated heterocycles. The molecular formula is C26H26ClNO5. The molecule has 1 amide bonds. The molecular weight excluding hydrogens is 442 g/mol. The average molecular weight is 468 g/mol. The first-order valence-electron chi connectivity index (χ1n) is 10.6. The third-order valence-corrected chi connectivity index (χ3v) is 6.07. The van der Waals surface area contributed by atoms with E-state index in [4.69, 9.17) is 30.5 Å². The standard InChI is InChI=1S/C26H26ClNO5/c1-30-20-8-10-21(11-9-20)33-16-23-22-15-25(32-3)24(31-2)14-18(22)12-13-28(23)26(29)17-4-6-19(27)7-5-17/h4-11,14-15,23H,12-13,16H2,1-3H3/t23-/m0/s1. The SMILES string of the molecule is COc1ccc(OC[C@H]2c3cc(OC)c(OC)cc3CCN2C(=O)c2ccc(Cl)cc2)cc1. The lowest BCUT2D eigenvalue weighted by Crippen LogP contribution is -2.42. The topological polar surface area (TPSA) is 57.2 Å². The fraction of sp³-hybridized carbons (Fsp3) is 0.269. The van der Waals surface area contributed by atoms with Crippen LogP contribution in [0.3, 0.4) is 0 Å². The highest BCUT2D eigenvalue weighted by molar-refractivity contribution is 6.30. The highest BCUT2D eigenvalue weighted by Crippen LogP contribution is 2.39. The molecule has 4 rings (SSSR count). The number of methoxy groups -OCH3 is 3. The molecule has 1 heterocycles. The van der Waals surface area contributed by atoms with Crippen molar-refractivity contribution >= 4 is 17.5 Å². The van der Waals surface area contributed by atoms with Crippen LogP contribution in [0.1, 0.15) is 27.5 Å². The van der Waals surface area contributed by atoms with E-state index in [1.54, 1.807) is 45.6 Å². The van der Waals surface area contributed by atoms with E-state index in [0.717, 1.165) is 16.9 Å². The molecule has 0 spiro atoms. The third-order valence-electron chi connectivity index (χ3n) is 5.82. The van der Waals surface area contributed by atoms with Crippen LogP contribution in [0.25, 0.3) is 0 Å². The molecule has 0 N–H and O–H groups in total. The molecule has 172 valence electrons. The number of carbonyl (C=O) groups excluding carboxylic acids is 1. The van der Waals surface area contributed by atoms with E-state index in [0.29, 0.717) is 40.8 Å². The minimum Gasteiger partial charge on any atom is -0.497 e. The van der Waals surface area contributed by atoms with Gasteiger partial charge in [-0.15, -0.1) is 0 Å². The Morgan fingerprint density at radius 1 is 0.909 bits per heavy atom. The van der Waals surface area contributed by atoms with Crippen LogP contribution < -0.4 is 18.9 Å². The Balaban J connectivity index is 1.68. The molecule has 0 bridgehead atoms. The number of carbonyl (C=O) groups is 1. The molecule has 33 heavy (non-hydrogen) atoms. The van der Waals surface area contributed by atoms with Gasteiger partial charge in [-0.3, -0.25) is 4.79 Å². The van der Waals surface area contributed by atoms with E-state index in [2.05, 4.69) is 0 Å². The number of hydrogen-bond donors (Lipinski definition) is 0. The van der Waals surface area contributed by atoms with Gasteiger partial charge in [0.1, 0.15) is 18.1 Å². The summed E-state index contributed by atoms with van der Waals surface area (Å²) in [6.07, 6.45) is 0.702. The highest BCUT2D eigenvalue weighted by Gasteiger charge is 2.33. The quantitative estimate of drug-likeness (QED) is 0.479. The molecule has 7 heteroatoms. The fourth-order valence-corrected chi connectivity index (χ4v) is 4.18. The van der Waals surface area contributed by atoms with Crippen LogP contribution >= 0.6 is 11.6 Å². The lowest BCUT2D eigenvalue weighted by atomic mass is 9.91. The van der Waals surface area contributed by atoms with Crippen molar-refractivity contribution in [3.8, 4) is 23.0 Å². The number of ether oxygens (including phenoxy) is 4. The lowest BCUT2D eigenvalue weighted by molar-refractivity contribution is 0.0589. The van der Waals surface area contributed by atoms with Crippen molar-refractivity contribution in [2.75, 3.05) is 34.5 Å². The second-order valence-electron chi connectivity index (χ2n) is 7.66. The van der Waals surface area contributed by atoms with E-state index >= 15 is 0 Å².